The molecular formula is C22H27N3O4. The molecule has 1 aliphatic carbocycles. The highest BCUT2D eigenvalue weighted by Gasteiger charge is 2.28. The summed E-state index contributed by atoms with van der Waals surface area (Å²) in [5.74, 6) is 0. The van der Waals surface area contributed by atoms with Crippen LogP contribution in [0.15, 0.2) is 48.5 Å². The molecule has 0 spiro atoms. The van der Waals surface area contributed by atoms with Crippen LogP contribution >= 0.6 is 0 Å². The van der Waals surface area contributed by atoms with Crippen LogP contribution in [0.25, 0.3) is 0 Å². The number of hydrogen-bond acceptors (Lipinski definition) is 4. The van der Waals surface area contributed by atoms with Crippen LogP contribution in [0.4, 0.5) is 16.2 Å². The normalized spacial score (nSPS) is 15.5. The second kappa shape index (κ2) is 9.52. The maximum atomic E-state index is 13.1. The molecule has 2 amide bonds. The van der Waals surface area contributed by atoms with E-state index in [2.05, 4.69) is 5.32 Å². The van der Waals surface area contributed by atoms with Gasteiger partial charge in [-0.3, -0.25) is 10.1 Å². The van der Waals surface area contributed by atoms with Crippen LogP contribution in [0.5, 0.6) is 0 Å². The molecule has 3 rings (SSSR count). The van der Waals surface area contributed by atoms with Gasteiger partial charge in [0.05, 0.1) is 23.3 Å². The molecule has 0 radical (unpaired) electrons. The number of amides is 2. The van der Waals surface area contributed by atoms with E-state index in [0.29, 0.717) is 5.69 Å². The van der Waals surface area contributed by atoms with Crippen molar-refractivity contribution in [3.63, 3.8) is 0 Å². The molecule has 0 heterocycles. The first-order valence-corrected chi connectivity index (χ1v) is 10.0. The summed E-state index contributed by atoms with van der Waals surface area (Å²) in [6.07, 6.45) is 4.23. The van der Waals surface area contributed by atoms with E-state index in [4.69, 9.17) is 0 Å². The number of carbonyl (C=O) groups is 1. The fraction of sp³-hybridized carbons (Fsp3) is 0.409. The van der Waals surface area contributed by atoms with Crippen molar-refractivity contribution < 1.29 is 14.8 Å². The van der Waals surface area contributed by atoms with E-state index in [1.807, 2.05) is 30.3 Å². The largest absolute Gasteiger partial charge is 0.387 e. The average molecular weight is 397 g/mol. The molecule has 2 aromatic carbocycles. The second-order valence-corrected chi connectivity index (χ2v) is 7.56. The number of urea groups is 1. The number of nitrogens with zero attached hydrogens (tertiary/aromatic N) is 2. The van der Waals surface area contributed by atoms with Crippen molar-refractivity contribution in [2.45, 2.75) is 51.2 Å². The van der Waals surface area contributed by atoms with E-state index in [9.17, 15) is 20.0 Å². The van der Waals surface area contributed by atoms with Crippen molar-refractivity contribution in [2.75, 3.05) is 11.9 Å². The lowest BCUT2D eigenvalue weighted by Crippen LogP contribution is -2.46. The number of non-ortho nitro benzene ring substituents is 1. The molecule has 0 unspecified atom stereocenters. The molecule has 1 fully saturated rings. The van der Waals surface area contributed by atoms with Gasteiger partial charge >= 0.3 is 6.03 Å². The highest BCUT2D eigenvalue weighted by Crippen LogP contribution is 2.27. The van der Waals surface area contributed by atoms with Gasteiger partial charge in [0.2, 0.25) is 0 Å². The number of aliphatic hydroxyl groups excluding tert-OH is 1. The number of hydrogen-bond donors (Lipinski definition) is 2. The monoisotopic (exact) mass is 397 g/mol. The van der Waals surface area contributed by atoms with Crippen LogP contribution < -0.4 is 5.32 Å². The van der Waals surface area contributed by atoms with E-state index < -0.39 is 11.0 Å². The predicted octanol–water partition coefficient (Wildman–Crippen LogP) is 4.80. The van der Waals surface area contributed by atoms with Gasteiger partial charge in [0, 0.05) is 18.2 Å². The average Bonchev–Trinajstić information content (AvgIpc) is 2.74. The molecule has 0 aliphatic heterocycles. The fourth-order valence-corrected chi connectivity index (χ4v) is 3.80. The molecular weight excluding hydrogens is 370 g/mol. The Balaban J connectivity index is 1.80. The van der Waals surface area contributed by atoms with Gasteiger partial charge in [-0.25, -0.2) is 4.79 Å². The Hall–Kier alpha value is -2.93. The second-order valence-electron chi connectivity index (χ2n) is 7.56. The van der Waals surface area contributed by atoms with Crippen molar-refractivity contribution in [3.8, 4) is 0 Å². The zero-order valence-corrected chi connectivity index (χ0v) is 16.6. The lowest BCUT2D eigenvalue weighted by atomic mass is 9.94. The molecule has 1 atom stereocenters. The van der Waals surface area contributed by atoms with Crippen LogP contribution in [0.2, 0.25) is 0 Å². The molecule has 0 saturated heterocycles. The maximum Gasteiger partial charge on any atom is 0.322 e. The smallest absolute Gasteiger partial charge is 0.322 e. The Kier molecular flexibility index (Phi) is 6.82. The van der Waals surface area contributed by atoms with Gasteiger partial charge in [-0.2, -0.15) is 0 Å². The lowest BCUT2D eigenvalue weighted by molar-refractivity contribution is -0.384. The quantitative estimate of drug-likeness (QED) is 0.540. The van der Waals surface area contributed by atoms with Crippen molar-refractivity contribution in [3.05, 3.63) is 69.8 Å². The van der Waals surface area contributed by atoms with Crippen molar-refractivity contribution >= 4 is 17.4 Å². The van der Waals surface area contributed by atoms with Crippen molar-refractivity contribution in [1.29, 1.82) is 0 Å². The summed E-state index contributed by atoms with van der Waals surface area (Å²) < 4.78 is 0. The number of rotatable bonds is 6. The van der Waals surface area contributed by atoms with Gasteiger partial charge in [0.15, 0.2) is 0 Å². The topological polar surface area (TPSA) is 95.7 Å². The summed E-state index contributed by atoms with van der Waals surface area (Å²) in [6, 6.07) is 13.4. The number of benzene rings is 2. The first-order valence-electron chi connectivity index (χ1n) is 10.0. The number of aliphatic hydroxyl groups is 1. The Labute approximate surface area is 170 Å². The molecule has 2 aromatic rings. The van der Waals surface area contributed by atoms with Gasteiger partial charge in [-0.05, 0) is 30.9 Å². The highest BCUT2D eigenvalue weighted by molar-refractivity contribution is 5.90. The summed E-state index contributed by atoms with van der Waals surface area (Å²) >= 11 is 0. The predicted molar refractivity (Wildman–Crippen MR) is 112 cm³/mol. The zero-order chi connectivity index (χ0) is 20.8. The van der Waals surface area contributed by atoms with Gasteiger partial charge < -0.3 is 15.3 Å². The minimum Gasteiger partial charge on any atom is -0.387 e. The van der Waals surface area contributed by atoms with Crippen LogP contribution in [-0.4, -0.2) is 33.5 Å². The van der Waals surface area contributed by atoms with Gasteiger partial charge in [0.1, 0.15) is 0 Å². The molecule has 1 saturated carbocycles. The summed E-state index contributed by atoms with van der Waals surface area (Å²) in [5, 5.41) is 24.6. The standard InChI is InChI=1S/C22H27N3O4/c1-16-12-13-19(25(28)29)14-20(16)23-22(27)24(18-10-6-3-7-11-18)15-21(26)17-8-4-2-5-9-17/h2,4-5,8-9,12-14,18,21,26H,3,6-7,10-11,15H2,1H3,(H,23,27)/t21-/m0/s1. The van der Waals surface area contributed by atoms with E-state index in [1.165, 1.54) is 12.1 Å². The highest BCUT2D eigenvalue weighted by atomic mass is 16.6. The van der Waals surface area contributed by atoms with Gasteiger partial charge in [-0.1, -0.05) is 55.7 Å². The molecule has 154 valence electrons. The summed E-state index contributed by atoms with van der Waals surface area (Å²) in [6.45, 7) is 1.97. The third kappa shape index (κ3) is 5.32. The lowest BCUT2D eigenvalue weighted by Gasteiger charge is -2.35. The van der Waals surface area contributed by atoms with Crippen LogP contribution in [0, 0.1) is 17.0 Å². The molecule has 0 aromatic heterocycles. The first-order chi connectivity index (χ1) is 14.0. The van der Waals surface area contributed by atoms with Gasteiger partial charge in [0.25, 0.3) is 5.69 Å². The first kappa shape index (κ1) is 20.8. The molecule has 0 bridgehead atoms. The summed E-state index contributed by atoms with van der Waals surface area (Å²) in [5.41, 5.74) is 1.85. The molecule has 1 aliphatic rings. The Morgan fingerprint density at radius 3 is 2.55 bits per heavy atom. The Bertz CT molecular complexity index is 850. The molecule has 7 nitrogen and oxygen atoms in total. The number of nitro benzene ring substituents is 1. The van der Waals surface area contributed by atoms with Crippen LogP contribution in [-0.2, 0) is 0 Å². The fourth-order valence-electron chi connectivity index (χ4n) is 3.80. The van der Waals surface area contributed by atoms with E-state index in [-0.39, 0.29) is 24.3 Å². The van der Waals surface area contributed by atoms with Crippen molar-refractivity contribution in [1.82, 2.24) is 4.90 Å². The number of carbonyl (C=O) groups excluding carboxylic acids is 1. The van der Waals surface area contributed by atoms with E-state index >= 15 is 0 Å². The van der Waals surface area contributed by atoms with Gasteiger partial charge in [-0.15, -0.1) is 0 Å². The zero-order valence-electron chi connectivity index (χ0n) is 16.6. The molecule has 7 heteroatoms. The maximum absolute atomic E-state index is 13.1. The van der Waals surface area contributed by atoms with Crippen LogP contribution in [0.1, 0.15) is 49.3 Å². The molecule has 2 N–H and O–H groups in total. The number of aryl methyl sites for hydroxylation is 1. The Morgan fingerprint density at radius 1 is 1.21 bits per heavy atom. The summed E-state index contributed by atoms with van der Waals surface area (Å²) in [4.78, 5) is 25.4. The minimum atomic E-state index is -0.796. The van der Waals surface area contributed by atoms with Crippen LogP contribution in [0.3, 0.4) is 0 Å². The summed E-state index contributed by atoms with van der Waals surface area (Å²) in [7, 11) is 0. The van der Waals surface area contributed by atoms with E-state index in [0.717, 1.165) is 43.2 Å². The number of anilines is 1. The van der Waals surface area contributed by atoms with Crippen molar-refractivity contribution in [2.24, 2.45) is 0 Å². The third-order valence-corrected chi connectivity index (χ3v) is 5.50. The molecule has 29 heavy (non-hydrogen) atoms. The number of nitro groups is 1. The third-order valence-electron chi connectivity index (χ3n) is 5.50. The van der Waals surface area contributed by atoms with E-state index in [1.54, 1.807) is 17.9 Å². The Morgan fingerprint density at radius 2 is 1.90 bits per heavy atom. The number of nitrogens with one attached hydrogen (secondary N) is 1. The minimum absolute atomic E-state index is 0.0427. The SMILES string of the molecule is Cc1ccc([N+](=O)[O-])cc1NC(=O)N(C[C@H](O)c1ccccc1)C1CCCCC1.